The number of hydrogen-bond donors (Lipinski definition) is 1. The van der Waals surface area contributed by atoms with Crippen molar-refractivity contribution >= 4 is 7.85 Å². The van der Waals surface area contributed by atoms with Crippen LogP contribution in [-0.2, 0) is 0 Å². The van der Waals surface area contributed by atoms with Crippen LogP contribution in [0, 0.1) is 5.41 Å². The third kappa shape index (κ3) is 7.87. The van der Waals surface area contributed by atoms with Crippen molar-refractivity contribution in [2.75, 3.05) is 0 Å². The van der Waals surface area contributed by atoms with Gasteiger partial charge in [-0.2, -0.15) is 0 Å². The summed E-state index contributed by atoms with van der Waals surface area (Å²) in [5, 5.41) is 9.35. The average molecular weight is 168 g/mol. The zero-order valence-electron chi connectivity index (χ0n) is 9.02. The van der Waals surface area contributed by atoms with Crippen LogP contribution in [0.15, 0.2) is 12.7 Å². The molecule has 0 rings (SSSR count). The van der Waals surface area contributed by atoms with Gasteiger partial charge in [0.15, 0.2) is 0 Å². The summed E-state index contributed by atoms with van der Waals surface area (Å²) in [6.45, 7) is 13.1. The SMILES string of the molecule is CC(C)(C)C(C)(C)O.[B]CC=C. The van der Waals surface area contributed by atoms with Crippen LogP contribution >= 0.6 is 0 Å². The van der Waals surface area contributed by atoms with E-state index in [0.29, 0.717) is 6.32 Å². The molecule has 0 aliphatic carbocycles. The maximum atomic E-state index is 9.35. The minimum absolute atomic E-state index is 0.00694. The van der Waals surface area contributed by atoms with Gasteiger partial charge in [0.1, 0.15) is 0 Å². The van der Waals surface area contributed by atoms with Gasteiger partial charge in [-0.1, -0.05) is 27.1 Å². The lowest BCUT2D eigenvalue weighted by Gasteiger charge is -2.33. The van der Waals surface area contributed by atoms with Crippen LogP contribution in [0.1, 0.15) is 34.6 Å². The standard InChI is InChI=1S/C7H16O.C3H5B/c1-6(2,3)7(4,5)8;1-2-3-4/h8H,1-5H3;2H,1,3H2. The molecule has 70 valence electrons. The molecule has 0 saturated carbocycles. The lowest BCUT2D eigenvalue weighted by atomic mass is 9.79. The quantitative estimate of drug-likeness (QED) is 0.471. The second kappa shape index (κ2) is 5.42. The molecule has 2 heteroatoms. The van der Waals surface area contributed by atoms with Gasteiger partial charge in [0, 0.05) is 0 Å². The molecule has 0 heterocycles. The van der Waals surface area contributed by atoms with E-state index < -0.39 is 5.60 Å². The molecule has 1 nitrogen and oxygen atoms in total. The molecule has 0 atom stereocenters. The Labute approximate surface area is 78.3 Å². The highest BCUT2D eigenvalue weighted by Gasteiger charge is 2.29. The molecule has 0 saturated heterocycles. The predicted molar refractivity (Wildman–Crippen MR) is 56.5 cm³/mol. The number of allylic oxidation sites excluding steroid dienone is 1. The highest BCUT2D eigenvalue weighted by Crippen LogP contribution is 2.28. The molecule has 0 unspecified atom stereocenters. The fraction of sp³-hybridized carbons (Fsp3) is 0.800. The molecule has 0 spiro atoms. The number of hydrogen-bond acceptors (Lipinski definition) is 1. The summed E-state index contributed by atoms with van der Waals surface area (Å²) < 4.78 is 0. The Bertz CT molecular complexity index is 105. The zero-order valence-corrected chi connectivity index (χ0v) is 9.02. The van der Waals surface area contributed by atoms with E-state index in [1.165, 1.54) is 0 Å². The van der Waals surface area contributed by atoms with Gasteiger partial charge in [-0.05, 0) is 19.3 Å². The lowest BCUT2D eigenvalue weighted by molar-refractivity contribution is -0.0238. The molecule has 0 aliphatic rings. The van der Waals surface area contributed by atoms with Crippen LogP contribution in [-0.4, -0.2) is 18.6 Å². The van der Waals surface area contributed by atoms with Crippen molar-refractivity contribution in [3.8, 4) is 0 Å². The van der Waals surface area contributed by atoms with Gasteiger partial charge in [0.25, 0.3) is 0 Å². The van der Waals surface area contributed by atoms with Crippen LogP contribution in [0.3, 0.4) is 0 Å². The van der Waals surface area contributed by atoms with Crippen molar-refractivity contribution in [2.45, 2.75) is 46.5 Å². The Morgan fingerprint density at radius 2 is 1.42 bits per heavy atom. The van der Waals surface area contributed by atoms with Crippen molar-refractivity contribution < 1.29 is 5.11 Å². The fourth-order valence-electron chi connectivity index (χ4n) is 0. The van der Waals surface area contributed by atoms with Crippen LogP contribution in [0.5, 0.6) is 0 Å². The van der Waals surface area contributed by atoms with Gasteiger partial charge in [-0.3, -0.25) is 0 Å². The van der Waals surface area contributed by atoms with Crippen molar-refractivity contribution in [3.63, 3.8) is 0 Å². The maximum Gasteiger partial charge on any atom is 0.0708 e. The second-order valence-electron chi connectivity index (χ2n) is 4.33. The number of rotatable bonds is 1. The molecule has 1 N–H and O–H groups in total. The molecule has 0 bridgehead atoms. The first-order chi connectivity index (χ1) is 5.16. The van der Waals surface area contributed by atoms with E-state index in [1.807, 2.05) is 34.6 Å². The third-order valence-electron chi connectivity index (χ3n) is 2.00. The molecular weight excluding hydrogens is 147 g/mol. The average Bonchev–Trinajstić information content (AvgIpc) is 1.84. The Balaban J connectivity index is 0. The highest BCUT2D eigenvalue weighted by molar-refractivity contribution is 6.09. The van der Waals surface area contributed by atoms with E-state index >= 15 is 0 Å². The van der Waals surface area contributed by atoms with Crippen molar-refractivity contribution in [1.82, 2.24) is 0 Å². The fourth-order valence-corrected chi connectivity index (χ4v) is 0. The van der Waals surface area contributed by atoms with Crippen LogP contribution in [0.4, 0.5) is 0 Å². The zero-order chi connectivity index (χ0) is 10.4. The Kier molecular flexibility index (Phi) is 6.45. The van der Waals surface area contributed by atoms with Gasteiger partial charge < -0.3 is 5.11 Å². The first-order valence-electron chi connectivity index (χ1n) is 4.20. The molecule has 0 aromatic heterocycles. The molecular formula is C10H21BO. The Hall–Kier alpha value is -0.235. The predicted octanol–water partition coefficient (Wildman–Crippen LogP) is 2.56. The first-order valence-corrected chi connectivity index (χ1v) is 4.20. The van der Waals surface area contributed by atoms with Gasteiger partial charge in [-0.15, -0.1) is 12.7 Å². The summed E-state index contributed by atoms with van der Waals surface area (Å²) in [7, 11) is 4.91. The van der Waals surface area contributed by atoms with Crippen molar-refractivity contribution in [3.05, 3.63) is 12.7 Å². The molecule has 0 aliphatic heterocycles. The molecule has 0 amide bonds. The van der Waals surface area contributed by atoms with E-state index in [1.54, 1.807) is 6.08 Å². The monoisotopic (exact) mass is 168 g/mol. The van der Waals surface area contributed by atoms with E-state index in [0.717, 1.165) is 0 Å². The molecule has 0 aromatic rings. The smallest absolute Gasteiger partial charge is 0.0708 e. The maximum absolute atomic E-state index is 9.35. The summed E-state index contributed by atoms with van der Waals surface area (Å²) in [5.41, 5.74) is -0.569. The van der Waals surface area contributed by atoms with Gasteiger partial charge >= 0.3 is 0 Å². The van der Waals surface area contributed by atoms with Crippen LogP contribution < -0.4 is 0 Å². The summed E-state index contributed by atoms with van der Waals surface area (Å²) in [4.78, 5) is 0. The van der Waals surface area contributed by atoms with E-state index in [-0.39, 0.29) is 5.41 Å². The van der Waals surface area contributed by atoms with E-state index in [4.69, 9.17) is 7.85 Å². The Morgan fingerprint density at radius 1 is 1.25 bits per heavy atom. The van der Waals surface area contributed by atoms with Crippen molar-refractivity contribution in [2.24, 2.45) is 5.41 Å². The number of aliphatic hydroxyl groups is 1. The van der Waals surface area contributed by atoms with Gasteiger partial charge in [-0.25, -0.2) is 0 Å². The minimum Gasteiger partial charge on any atom is -0.390 e. The third-order valence-corrected chi connectivity index (χ3v) is 2.00. The topological polar surface area (TPSA) is 20.2 Å². The van der Waals surface area contributed by atoms with E-state index in [2.05, 4.69) is 6.58 Å². The molecule has 2 radical (unpaired) electrons. The van der Waals surface area contributed by atoms with Gasteiger partial charge in [0.2, 0.25) is 0 Å². The summed E-state index contributed by atoms with van der Waals surface area (Å²) >= 11 is 0. The minimum atomic E-state index is -0.562. The largest absolute Gasteiger partial charge is 0.390 e. The second-order valence-corrected chi connectivity index (χ2v) is 4.33. The lowest BCUT2D eigenvalue weighted by Crippen LogP contribution is -2.35. The van der Waals surface area contributed by atoms with Crippen LogP contribution in [0.2, 0.25) is 6.32 Å². The summed E-state index contributed by atoms with van der Waals surface area (Å²) in [5.74, 6) is 0. The normalized spacial score (nSPS) is 11.5. The molecule has 0 aromatic carbocycles. The summed E-state index contributed by atoms with van der Waals surface area (Å²) in [6, 6.07) is 0. The van der Waals surface area contributed by atoms with Crippen LogP contribution in [0.25, 0.3) is 0 Å². The summed E-state index contributed by atoms with van der Waals surface area (Å²) in [6.07, 6.45) is 2.24. The van der Waals surface area contributed by atoms with Crippen molar-refractivity contribution in [1.29, 1.82) is 0 Å². The molecule has 0 fully saturated rings. The highest BCUT2D eigenvalue weighted by atomic mass is 16.3. The van der Waals surface area contributed by atoms with Gasteiger partial charge in [0.05, 0.1) is 13.4 Å². The first kappa shape index (κ1) is 14.3. The van der Waals surface area contributed by atoms with E-state index in [9.17, 15) is 5.11 Å². The Morgan fingerprint density at radius 3 is 1.42 bits per heavy atom. The molecule has 12 heavy (non-hydrogen) atoms.